The predicted molar refractivity (Wildman–Crippen MR) is 79.0 cm³/mol. The van der Waals surface area contributed by atoms with Crippen LogP contribution in [0.2, 0.25) is 0 Å². The van der Waals surface area contributed by atoms with Crippen molar-refractivity contribution < 1.29 is 4.79 Å². The van der Waals surface area contributed by atoms with Crippen molar-refractivity contribution in [2.75, 3.05) is 7.05 Å². The van der Waals surface area contributed by atoms with E-state index in [0.717, 1.165) is 4.47 Å². The van der Waals surface area contributed by atoms with Crippen molar-refractivity contribution in [2.24, 2.45) is 0 Å². The second-order valence-electron chi connectivity index (χ2n) is 4.11. The van der Waals surface area contributed by atoms with Crippen LogP contribution in [0.5, 0.6) is 0 Å². The van der Waals surface area contributed by atoms with Gasteiger partial charge in [-0.1, -0.05) is 22.0 Å². The molecule has 4 heteroatoms. The van der Waals surface area contributed by atoms with Crippen LogP contribution in [0, 0.1) is 0 Å². The molecule has 0 fully saturated rings. The SMILES string of the molecule is CC(c1cccs1)N(C)C(=O)c1ccc(Br)cc1. The highest BCUT2D eigenvalue weighted by Gasteiger charge is 2.19. The summed E-state index contributed by atoms with van der Waals surface area (Å²) < 4.78 is 0.980. The highest BCUT2D eigenvalue weighted by molar-refractivity contribution is 9.10. The van der Waals surface area contributed by atoms with E-state index in [1.165, 1.54) is 4.88 Å². The second-order valence-corrected chi connectivity index (χ2v) is 6.01. The lowest BCUT2D eigenvalue weighted by atomic mass is 10.1. The van der Waals surface area contributed by atoms with E-state index in [4.69, 9.17) is 0 Å². The summed E-state index contributed by atoms with van der Waals surface area (Å²) in [7, 11) is 1.84. The third-order valence-electron chi connectivity index (χ3n) is 2.95. The van der Waals surface area contributed by atoms with Crippen molar-refractivity contribution in [3.8, 4) is 0 Å². The van der Waals surface area contributed by atoms with E-state index in [1.54, 1.807) is 16.2 Å². The number of thiophene rings is 1. The molecule has 1 aromatic carbocycles. The van der Waals surface area contributed by atoms with Gasteiger partial charge in [-0.2, -0.15) is 0 Å². The molecule has 0 radical (unpaired) electrons. The van der Waals surface area contributed by atoms with Gasteiger partial charge in [-0.25, -0.2) is 0 Å². The minimum Gasteiger partial charge on any atom is -0.334 e. The lowest BCUT2D eigenvalue weighted by Gasteiger charge is -2.24. The van der Waals surface area contributed by atoms with Crippen LogP contribution in [0.15, 0.2) is 46.3 Å². The Balaban J connectivity index is 2.16. The van der Waals surface area contributed by atoms with E-state index in [0.29, 0.717) is 5.56 Å². The summed E-state index contributed by atoms with van der Waals surface area (Å²) >= 11 is 5.04. The fraction of sp³-hybridized carbons (Fsp3) is 0.214. The van der Waals surface area contributed by atoms with Gasteiger partial charge in [0.15, 0.2) is 0 Å². The number of amides is 1. The smallest absolute Gasteiger partial charge is 0.254 e. The maximum absolute atomic E-state index is 12.3. The minimum absolute atomic E-state index is 0.0448. The van der Waals surface area contributed by atoms with Gasteiger partial charge in [0.25, 0.3) is 5.91 Å². The molecular formula is C14H14BrNOS. The second kappa shape index (κ2) is 5.67. The first-order valence-corrected chi connectivity index (χ1v) is 7.33. The standard InChI is InChI=1S/C14H14BrNOS/c1-10(13-4-3-9-18-13)16(2)14(17)11-5-7-12(15)8-6-11/h3-10H,1-2H3. The molecule has 0 aliphatic rings. The van der Waals surface area contributed by atoms with Gasteiger partial charge in [-0.15, -0.1) is 11.3 Å². The van der Waals surface area contributed by atoms with E-state index >= 15 is 0 Å². The Kier molecular flexibility index (Phi) is 4.19. The summed E-state index contributed by atoms with van der Waals surface area (Å²) in [6, 6.07) is 11.6. The Morgan fingerprint density at radius 3 is 2.50 bits per heavy atom. The van der Waals surface area contributed by atoms with Gasteiger partial charge >= 0.3 is 0 Å². The van der Waals surface area contributed by atoms with E-state index in [1.807, 2.05) is 49.7 Å². The summed E-state index contributed by atoms with van der Waals surface area (Å²) in [4.78, 5) is 15.3. The molecule has 18 heavy (non-hydrogen) atoms. The number of carbonyl (C=O) groups is 1. The number of hydrogen-bond donors (Lipinski definition) is 0. The lowest BCUT2D eigenvalue weighted by molar-refractivity contribution is 0.0745. The Labute approximate surface area is 119 Å². The Hall–Kier alpha value is -1.13. The van der Waals surface area contributed by atoms with Crippen molar-refractivity contribution in [2.45, 2.75) is 13.0 Å². The zero-order valence-corrected chi connectivity index (χ0v) is 12.7. The third-order valence-corrected chi connectivity index (χ3v) is 4.52. The van der Waals surface area contributed by atoms with Crippen molar-refractivity contribution in [3.63, 3.8) is 0 Å². The number of hydrogen-bond acceptors (Lipinski definition) is 2. The molecule has 94 valence electrons. The highest BCUT2D eigenvalue weighted by atomic mass is 79.9. The van der Waals surface area contributed by atoms with Gasteiger partial charge in [-0.3, -0.25) is 4.79 Å². The van der Waals surface area contributed by atoms with E-state index in [2.05, 4.69) is 22.0 Å². The zero-order valence-electron chi connectivity index (χ0n) is 10.3. The summed E-state index contributed by atoms with van der Waals surface area (Å²) in [6.45, 7) is 2.04. The van der Waals surface area contributed by atoms with Gasteiger partial charge in [0.1, 0.15) is 0 Å². The normalized spacial score (nSPS) is 12.2. The van der Waals surface area contributed by atoms with Crippen LogP contribution < -0.4 is 0 Å². The van der Waals surface area contributed by atoms with Crippen LogP contribution in [0.3, 0.4) is 0 Å². The highest BCUT2D eigenvalue weighted by Crippen LogP contribution is 2.25. The number of rotatable bonds is 3. The molecule has 0 bridgehead atoms. The molecule has 0 saturated heterocycles. The monoisotopic (exact) mass is 323 g/mol. The number of benzene rings is 1. The minimum atomic E-state index is 0.0448. The molecule has 0 aliphatic carbocycles. The molecule has 1 unspecified atom stereocenters. The average molecular weight is 324 g/mol. The Morgan fingerprint density at radius 1 is 1.28 bits per heavy atom. The van der Waals surface area contributed by atoms with Gasteiger partial charge in [0, 0.05) is 22.0 Å². The van der Waals surface area contributed by atoms with Crippen molar-refractivity contribution >= 4 is 33.2 Å². The molecule has 0 saturated carbocycles. The predicted octanol–water partition coefficient (Wildman–Crippen LogP) is 4.34. The quantitative estimate of drug-likeness (QED) is 0.822. The zero-order chi connectivity index (χ0) is 13.1. The molecule has 2 nitrogen and oxygen atoms in total. The van der Waals surface area contributed by atoms with Crippen molar-refractivity contribution in [1.82, 2.24) is 4.90 Å². The first-order valence-electron chi connectivity index (χ1n) is 5.65. The van der Waals surface area contributed by atoms with E-state index in [9.17, 15) is 4.79 Å². The van der Waals surface area contributed by atoms with Crippen molar-refractivity contribution in [3.05, 3.63) is 56.7 Å². The Bertz CT molecular complexity index is 521. The van der Waals surface area contributed by atoms with Crippen LogP contribution >= 0.6 is 27.3 Å². The Morgan fingerprint density at radius 2 is 1.94 bits per heavy atom. The first-order chi connectivity index (χ1) is 8.59. The summed E-state index contributed by atoms with van der Waals surface area (Å²) in [5, 5.41) is 2.03. The molecule has 0 aliphatic heterocycles. The maximum Gasteiger partial charge on any atom is 0.254 e. The summed E-state index contributed by atoms with van der Waals surface area (Å²) in [5.74, 6) is 0.0448. The topological polar surface area (TPSA) is 20.3 Å². The molecular weight excluding hydrogens is 310 g/mol. The third kappa shape index (κ3) is 2.82. The molecule has 1 atom stereocenters. The molecule has 1 heterocycles. The van der Waals surface area contributed by atoms with E-state index in [-0.39, 0.29) is 11.9 Å². The molecule has 0 spiro atoms. The molecule has 1 aromatic heterocycles. The van der Waals surface area contributed by atoms with E-state index < -0.39 is 0 Å². The fourth-order valence-electron chi connectivity index (χ4n) is 1.69. The molecule has 1 amide bonds. The molecule has 2 aromatic rings. The average Bonchev–Trinajstić information content (AvgIpc) is 2.91. The van der Waals surface area contributed by atoms with Crippen LogP contribution in [0.4, 0.5) is 0 Å². The number of nitrogens with zero attached hydrogens (tertiary/aromatic N) is 1. The maximum atomic E-state index is 12.3. The van der Waals surface area contributed by atoms with Crippen LogP contribution in [-0.2, 0) is 0 Å². The van der Waals surface area contributed by atoms with Gasteiger partial charge in [0.2, 0.25) is 0 Å². The number of carbonyl (C=O) groups excluding carboxylic acids is 1. The van der Waals surface area contributed by atoms with Gasteiger partial charge in [0.05, 0.1) is 6.04 Å². The van der Waals surface area contributed by atoms with Crippen LogP contribution in [-0.4, -0.2) is 17.9 Å². The number of halogens is 1. The summed E-state index contributed by atoms with van der Waals surface area (Å²) in [6.07, 6.45) is 0. The molecule has 2 rings (SSSR count). The molecule has 0 N–H and O–H groups in total. The van der Waals surface area contributed by atoms with Crippen LogP contribution in [0.1, 0.15) is 28.2 Å². The largest absolute Gasteiger partial charge is 0.334 e. The van der Waals surface area contributed by atoms with Crippen LogP contribution in [0.25, 0.3) is 0 Å². The fourth-order valence-corrected chi connectivity index (χ4v) is 2.78. The van der Waals surface area contributed by atoms with Crippen molar-refractivity contribution in [1.29, 1.82) is 0 Å². The van der Waals surface area contributed by atoms with Gasteiger partial charge < -0.3 is 4.90 Å². The van der Waals surface area contributed by atoms with Gasteiger partial charge in [-0.05, 0) is 42.6 Å². The lowest BCUT2D eigenvalue weighted by Crippen LogP contribution is -2.29. The first kappa shape index (κ1) is 13.3. The summed E-state index contributed by atoms with van der Waals surface area (Å²) in [5.41, 5.74) is 0.712.